The van der Waals surface area contributed by atoms with E-state index in [0.29, 0.717) is 34.0 Å². The van der Waals surface area contributed by atoms with Crippen LogP contribution in [0.2, 0.25) is 0 Å². The predicted molar refractivity (Wildman–Crippen MR) is 381 cm³/mol. The first kappa shape index (κ1) is 52.7. The summed E-state index contributed by atoms with van der Waals surface area (Å²) in [5, 5.41) is 7.43. The lowest BCUT2D eigenvalue weighted by Gasteiger charge is -2.25. The second kappa shape index (κ2) is 21.4. The van der Waals surface area contributed by atoms with Crippen molar-refractivity contribution in [2.45, 2.75) is 0 Å². The van der Waals surface area contributed by atoms with Crippen molar-refractivity contribution in [3.8, 4) is 90.0 Å². The molecule has 0 N–H and O–H groups in total. The van der Waals surface area contributed by atoms with Crippen LogP contribution in [0.1, 0.15) is 0 Å². The number of nitrogens with zero attached hydrogens (tertiary/aromatic N) is 6. The molecule has 0 aliphatic carbocycles. The van der Waals surface area contributed by atoms with Crippen LogP contribution < -0.4 is 5.56 Å². The van der Waals surface area contributed by atoms with E-state index >= 15 is 4.79 Å². The van der Waals surface area contributed by atoms with Crippen LogP contribution in [0.3, 0.4) is 0 Å². The van der Waals surface area contributed by atoms with E-state index in [-0.39, 0.29) is 5.56 Å². The lowest BCUT2D eigenvalue weighted by Crippen LogP contribution is -2.23. The van der Waals surface area contributed by atoms with E-state index in [1.165, 1.54) is 0 Å². The molecule has 7 heteroatoms. The van der Waals surface area contributed by atoms with Gasteiger partial charge in [0.2, 0.25) is 0 Å². The number of pyridine rings is 1. The lowest BCUT2D eigenvalue weighted by atomic mass is 10.0. The van der Waals surface area contributed by atoms with Crippen LogP contribution in [0.5, 0.6) is 0 Å². The maximum Gasteiger partial charge on any atom is 0.265 e. The molecule has 0 saturated heterocycles. The third-order valence-corrected chi connectivity index (χ3v) is 18.4. The van der Waals surface area contributed by atoms with E-state index in [2.05, 4.69) is 268 Å². The number of rotatable bonds is 10. The van der Waals surface area contributed by atoms with Crippen LogP contribution in [-0.2, 0) is 0 Å². The molecule has 0 saturated carbocycles. The van der Waals surface area contributed by atoms with Crippen LogP contribution in [0.25, 0.3) is 166 Å². The highest BCUT2D eigenvalue weighted by Crippen LogP contribution is 2.47. The Balaban J connectivity index is 1.07. The Morgan fingerprint density at radius 1 is 0.239 bits per heavy atom. The van der Waals surface area contributed by atoms with Gasteiger partial charge >= 0.3 is 0 Å². The van der Waals surface area contributed by atoms with Gasteiger partial charge in [0, 0.05) is 54.5 Å². The van der Waals surface area contributed by atoms with Crippen LogP contribution in [-0.4, -0.2) is 28.2 Å². The normalized spacial score (nSPS) is 11.7. The monoisotopic (exact) mass is 1170 g/mol. The van der Waals surface area contributed by atoms with Gasteiger partial charge < -0.3 is 13.7 Å². The average Bonchev–Trinajstić information content (AvgIpc) is 1.41. The fraction of sp³-hybridized carbons (Fsp3) is 0. The highest BCUT2D eigenvalue weighted by Gasteiger charge is 2.30. The molecule has 92 heavy (non-hydrogen) atoms. The van der Waals surface area contributed by atoms with Gasteiger partial charge in [0.25, 0.3) is 5.56 Å². The van der Waals surface area contributed by atoms with Gasteiger partial charge in [-0.2, -0.15) is 0 Å². The summed E-state index contributed by atoms with van der Waals surface area (Å²) in [6.07, 6.45) is 0. The number of para-hydroxylation sites is 4. The van der Waals surface area contributed by atoms with Crippen molar-refractivity contribution >= 4 is 76.3 Å². The summed E-state index contributed by atoms with van der Waals surface area (Å²) in [5.74, 6) is 0.516. The molecule has 0 unspecified atom stereocenters. The van der Waals surface area contributed by atoms with Crippen molar-refractivity contribution in [1.29, 1.82) is 0 Å². The molecule has 7 nitrogen and oxygen atoms in total. The van der Waals surface area contributed by atoms with Crippen LogP contribution >= 0.6 is 0 Å². The quantitative estimate of drug-likeness (QED) is 0.137. The second-order valence-corrected chi connectivity index (χ2v) is 23.6. The van der Waals surface area contributed by atoms with Gasteiger partial charge in [-0.3, -0.25) is 9.36 Å². The predicted octanol–water partition coefficient (Wildman–Crippen LogP) is 21.1. The lowest BCUT2D eigenvalue weighted by molar-refractivity contribution is 1.01. The topological polar surface area (TPSA) is 62.6 Å². The molecule has 5 heterocycles. The van der Waals surface area contributed by atoms with E-state index < -0.39 is 0 Å². The first-order chi connectivity index (χ1) is 45.6. The molecule has 18 aromatic rings. The summed E-state index contributed by atoms with van der Waals surface area (Å²) >= 11 is 0. The number of aromatic nitrogens is 6. The van der Waals surface area contributed by atoms with E-state index in [0.717, 1.165) is 132 Å². The first-order valence-corrected chi connectivity index (χ1v) is 31.2. The van der Waals surface area contributed by atoms with Crippen molar-refractivity contribution in [2.24, 2.45) is 0 Å². The van der Waals surface area contributed by atoms with Crippen LogP contribution in [0, 0.1) is 0 Å². The summed E-state index contributed by atoms with van der Waals surface area (Å²) < 4.78 is 9.29. The molecular formula is C85H54N6O. The highest BCUT2D eigenvalue weighted by molar-refractivity contribution is 6.17. The third-order valence-electron chi connectivity index (χ3n) is 18.4. The summed E-state index contributed by atoms with van der Waals surface area (Å²) in [5.41, 5.74) is 20.0. The molecule has 13 aromatic carbocycles. The molecule has 0 aliphatic rings. The minimum absolute atomic E-state index is 0.235. The van der Waals surface area contributed by atoms with Gasteiger partial charge in [0.05, 0.1) is 72.6 Å². The third kappa shape index (κ3) is 8.48. The molecular weight excluding hydrogens is 1120 g/mol. The maximum absolute atomic E-state index is 17.2. The zero-order valence-electron chi connectivity index (χ0n) is 49.8. The molecule has 0 bridgehead atoms. The second-order valence-electron chi connectivity index (χ2n) is 23.6. The fourth-order valence-corrected chi connectivity index (χ4v) is 14.2. The van der Waals surface area contributed by atoms with E-state index in [1.807, 2.05) is 77.4 Å². The fourth-order valence-electron chi connectivity index (χ4n) is 14.2. The number of hydrogen-bond acceptors (Lipinski definition) is 3. The standard InChI is InChI=1S/C85H54N6O/c92-85-70(73-53-72(58-31-13-4-14-32-58)86-84(87-73)59-33-15-5-16-34-59)52-71-80(89-74-40-22-19-37-64(74)67-49-60(43-46-77(67)89)55-25-7-1-8-26-55)54-81(90-75-41-23-20-38-65(75)68-50-61(44-47-78(68)90)56-27-9-2-10-28-56)83(82(71)88(85)63-35-17-6-18-36-63)91-76-42-24-21-39-66(76)69-51-62(45-48-79(69)91)57-29-11-3-12-30-57/h1-54H. The summed E-state index contributed by atoms with van der Waals surface area (Å²) in [6, 6.07) is 116. The minimum atomic E-state index is -0.235. The van der Waals surface area contributed by atoms with Gasteiger partial charge in [0.15, 0.2) is 5.82 Å². The first-order valence-electron chi connectivity index (χ1n) is 31.2. The van der Waals surface area contributed by atoms with Gasteiger partial charge in [-0.05, 0) is 118 Å². The van der Waals surface area contributed by atoms with Crippen LogP contribution in [0.15, 0.2) is 332 Å². The van der Waals surface area contributed by atoms with Crippen molar-refractivity contribution in [1.82, 2.24) is 28.2 Å². The van der Waals surface area contributed by atoms with Crippen molar-refractivity contribution in [3.05, 3.63) is 338 Å². The zero-order chi connectivity index (χ0) is 60.8. The van der Waals surface area contributed by atoms with Gasteiger partial charge in [0.1, 0.15) is 0 Å². The van der Waals surface area contributed by atoms with Gasteiger partial charge in [-0.15, -0.1) is 0 Å². The Labute approximate surface area is 529 Å². The average molecular weight is 1180 g/mol. The highest BCUT2D eigenvalue weighted by atomic mass is 16.1. The maximum atomic E-state index is 17.2. The Kier molecular flexibility index (Phi) is 12.3. The summed E-state index contributed by atoms with van der Waals surface area (Å²) in [7, 11) is 0. The number of hydrogen-bond donors (Lipinski definition) is 0. The van der Waals surface area contributed by atoms with E-state index in [4.69, 9.17) is 9.97 Å². The van der Waals surface area contributed by atoms with E-state index in [9.17, 15) is 0 Å². The van der Waals surface area contributed by atoms with Gasteiger partial charge in [-0.1, -0.05) is 243 Å². The molecule has 0 aliphatic heterocycles. The van der Waals surface area contributed by atoms with E-state index in [1.54, 1.807) is 0 Å². The molecule has 0 fully saturated rings. The molecule has 0 atom stereocenters. The molecule has 430 valence electrons. The number of fused-ring (bicyclic) bond motifs is 10. The molecule has 5 aromatic heterocycles. The summed E-state index contributed by atoms with van der Waals surface area (Å²) in [4.78, 5) is 27.9. The Bertz CT molecular complexity index is 5930. The molecule has 0 radical (unpaired) electrons. The van der Waals surface area contributed by atoms with Gasteiger partial charge in [-0.25, -0.2) is 9.97 Å². The Morgan fingerprint density at radius 3 is 1.09 bits per heavy atom. The van der Waals surface area contributed by atoms with Crippen LogP contribution in [0.4, 0.5) is 0 Å². The Hall–Kier alpha value is -12.5. The smallest absolute Gasteiger partial charge is 0.265 e. The van der Waals surface area contributed by atoms with Crippen molar-refractivity contribution < 1.29 is 0 Å². The largest absolute Gasteiger partial charge is 0.308 e. The summed E-state index contributed by atoms with van der Waals surface area (Å²) in [6.45, 7) is 0. The van der Waals surface area contributed by atoms with Crippen molar-refractivity contribution in [3.63, 3.8) is 0 Å². The van der Waals surface area contributed by atoms with Crippen molar-refractivity contribution in [2.75, 3.05) is 0 Å². The Morgan fingerprint density at radius 2 is 0.609 bits per heavy atom. The number of benzene rings is 13. The molecule has 0 amide bonds. The SMILES string of the molecule is O=c1c(-c2cc(-c3ccccc3)nc(-c3ccccc3)n2)cc2c(-n3c4ccccc4c4cc(-c5ccccc5)ccc43)cc(-n3c4ccccc4c4cc(-c5ccccc5)ccc43)c(-n3c4ccccc4c4cc(-c5ccccc5)ccc43)c2n1-c1ccccc1. The molecule has 0 spiro atoms. The minimum Gasteiger partial charge on any atom is -0.308 e. The molecule has 18 rings (SSSR count). The zero-order valence-corrected chi connectivity index (χ0v) is 49.8.